The lowest BCUT2D eigenvalue weighted by Gasteiger charge is -2.14. The molecule has 2 amide bonds. The molecule has 0 saturated carbocycles. The maximum absolute atomic E-state index is 12.3. The second-order valence-corrected chi connectivity index (χ2v) is 8.05. The third-order valence-electron chi connectivity index (χ3n) is 5.48. The van der Waals surface area contributed by atoms with Crippen molar-refractivity contribution in [2.24, 2.45) is 5.73 Å². The molecule has 178 valence electrons. The number of primary amides is 1. The summed E-state index contributed by atoms with van der Waals surface area (Å²) in [4.78, 5) is 28.2. The zero-order valence-electron chi connectivity index (χ0n) is 18.7. The van der Waals surface area contributed by atoms with E-state index in [1.54, 1.807) is 6.20 Å². The van der Waals surface area contributed by atoms with E-state index in [9.17, 15) is 9.59 Å². The second-order valence-electron chi connectivity index (χ2n) is 8.05. The number of nitrogens with two attached hydrogens (primary N) is 1. The van der Waals surface area contributed by atoms with Crippen LogP contribution in [-0.2, 0) is 22.6 Å². The maximum Gasteiger partial charge on any atom is 0.241 e. The Morgan fingerprint density at radius 2 is 1.79 bits per heavy atom. The molecule has 0 aliphatic carbocycles. The van der Waals surface area contributed by atoms with Crippen molar-refractivity contribution in [3.05, 3.63) is 78.0 Å². The minimum absolute atomic E-state index is 0. The van der Waals surface area contributed by atoms with E-state index < -0.39 is 5.91 Å². The van der Waals surface area contributed by atoms with Crippen molar-refractivity contribution in [2.75, 3.05) is 22.5 Å². The summed E-state index contributed by atoms with van der Waals surface area (Å²) >= 11 is 0. The standard InChI is InChI=1S/C25H28N6O2.ClH/c26-23(32)13-18-16-29-24(14-22(18)28-15-17-5-2-1-3-6-17)30-19-8-10-20(11-9-19)31-25(33)21-7-4-12-27-21;/h1-3,5-6,8-11,14,16,21,27H,4,7,12-13,15H2,(H2,26,32)(H,31,33)(H2,28,29,30);1H/t21-;/m0./s1. The zero-order valence-corrected chi connectivity index (χ0v) is 19.5. The van der Waals surface area contributed by atoms with Crippen LogP contribution in [0.25, 0.3) is 0 Å². The molecule has 1 aliphatic rings. The fourth-order valence-corrected chi connectivity index (χ4v) is 3.76. The number of aromatic nitrogens is 1. The van der Waals surface area contributed by atoms with Crippen molar-refractivity contribution in [3.8, 4) is 0 Å². The summed E-state index contributed by atoms with van der Waals surface area (Å²) in [5.41, 5.74) is 9.64. The summed E-state index contributed by atoms with van der Waals surface area (Å²) in [6, 6.07) is 19.2. The number of nitrogens with one attached hydrogen (secondary N) is 4. The first-order valence-corrected chi connectivity index (χ1v) is 11.0. The number of halogens is 1. The molecule has 8 nitrogen and oxygen atoms in total. The number of anilines is 4. The lowest BCUT2D eigenvalue weighted by molar-refractivity contribution is -0.118. The molecule has 6 N–H and O–H groups in total. The molecule has 3 aromatic rings. The van der Waals surface area contributed by atoms with E-state index in [1.807, 2.05) is 60.7 Å². The number of rotatable bonds is 9. The molecule has 1 fully saturated rings. The average molecular weight is 481 g/mol. The molecule has 1 aliphatic heterocycles. The van der Waals surface area contributed by atoms with Gasteiger partial charge in [0.05, 0.1) is 12.5 Å². The molecule has 0 spiro atoms. The van der Waals surface area contributed by atoms with Gasteiger partial charge in [-0.25, -0.2) is 4.98 Å². The van der Waals surface area contributed by atoms with Crippen LogP contribution in [0, 0.1) is 0 Å². The SMILES string of the molecule is Cl.NC(=O)Cc1cnc(Nc2ccc(NC(=O)[C@@H]3CCCN3)cc2)cc1NCc1ccccc1. The van der Waals surface area contributed by atoms with Gasteiger partial charge in [0.1, 0.15) is 5.82 Å². The van der Waals surface area contributed by atoms with Crippen LogP contribution in [-0.4, -0.2) is 29.4 Å². The van der Waals surface area contributed by atoms with Crippen molar-refractivity contribution < 1.29 is 9.59 Å². The Hall–Kier alpha value is -3.62. The number of hydrogen-bond acceptors (Lipinski definition) is 6. The van der Waals surface area contributed by atoms with Gasteiger partial charge in [-0.15, -0.1) is 12.4 Å². The number of hydrogen-bond donors (Lipinski definition) is 5. The van der Waals surface area contributed by atoms with Gasteiger partial charge in [-0.3, -0.25) is 9.59 Å². The molecule has 4 rings (SSSR count). The minimum Gasteiger partial charge on any atom is -0.381 e. The van der Waals surface area contributed by atoms with E-state index >= 15 is 0 Å². The molecule has 2 heterocycles. The zero-order chi connectivity index (χ0) is 23.0. The molecular formula is C25H29ClN6O2. The molecular weight excluding hydrogens is 452 g/mol. The fraction of sp³-hybridized carbons (Fsp3) is 0.240. The Balaban J connectivity index is 0.00000324. The Morgan fingerprint density at radius 3 is 2.47 bits per heavy atom. The van der Waals surface area contributed by atoms with Gasteiger partial charge in [-0.1, -0.05) is 30.3 Å². The largest absolute Gasteiger partial charge is 0.381 e. The van der Waals surface area contributed by atoms with E-state index in [2.05, 4.69) is 26.3 Å². The molecule has 2 aromatic carbocycles. The Bertz CT molecular complexity index is 1100. The van der Waals surface area contributed by atoms with Crippen LogP contribution in [0.15, 0.2) is 66.9 Å². The number of pyridine rings is 1. The molecule has 1 aromatic heterocycles. The molecule has 9 heteroatoms. The number of carbonyl (C=O) groups is 2. The second kappa shape index (κ2) is 12.0. The van der Waals surface area contributed by atoms with Gasteiger partial charge < -0.3 is 27.0 Å². The van der Waals surface area contributed by atoms with Gasteiger partial charge >= 0.3 is 0 Å². The predicted molar refractivity (Wildman–Crippen MR) is 138 cm³/mol. The van der Waals surface area contributed by atoms with Crippen LogP contribution in [0.4, 0.5) is 22.9 Å². The van der Waals surface area contributed by atoms with Crippen molar-refractivity contribution in [2.45, 2.75) is 31.8 Å². The van der Waals surface area contributed by atoms with Crippen LogP contribution in [0.1, 0.15) is 24.0 Å². The highest BCUT2D eigenvalue weighted by Crippen LogP contribution is 2.24. The quantitative estimate of drug-likeness (QED) is 0.319. The number of amides is 2. The lowest BCUT2D eigenvalue weighted by atomic mass is 10.1. The third kappa shape index (κ3) is 6.94. The van der Waals surface area contributed by atoms with Crippen molar-refractivity contribution >= 4 is 47.1 Å². The number of nitrogens with zero attached hydrogens (tertiary/aromatic N) is 1. The highest BCUT2D eigenvalue weighted by molar-refractivity contribution is 5.95. The monoisotopic (exact) mass is 480 g/mol. The van der Waals surface area contributed by atoms with Crippen molar-refractivity contribution in [3.63, 3.8) is 0 Å². The summed E-state index contributed by atoms with van der Waals surface area (Å²) in [7, 11) is 0. The van der Waals surface area contributed by atoms with Gasteiger partial charge in [0.2, 0.25) is 11.8 Å². The summed E-state index contributed by atoms with van der Waals surface area (Å²) in [5, 5.41) is 12.8. The predicted octanol–water partition coefficient (Wildman–Crippen LogP) is 3.58. The maximum atomic E-state index is 12.3. The Labute approximate surface area is 205 Å². The Morgan fingerprint density at radius 1 is 1.06 bits per heavy atom. The van der Waals surface area contributed by atoms with Crippen molar-refractivity contribution in [1.29, 1.82) is 0 Å². The van der Waals surface area contributed by atoms with E-state index in [4.69, 9.17) is 5.73 Å². The average Bonchev–Trinajstić information content (AvgIpc) is 3.36. The van der Waals surface area contributed by atoms with Crippen LogP contribution in [0.2, 0.25) is 0 Å². The van der Waals surface area contributed by atoms with E-state index in [1.165, 1.54) is 0 Å². The minimum atomic E-state index is -0.411. The van der Waals surface area contributed by atoms with E-state index in [0.717, 1.165) is 47.6 Å². The van der Waals surface area contributed by atoms with E-state index in [0.29, 0.717) is 12.4 Å². The van der Waals surface area contributed by atoms with Gasteiger partial charge in [-0.2, -0.15) is 0 Å². The van der Waals surface area contributed by atoms with Gasteiger partial charge in [0, 0.05) is 41.4 Å². The van der Waals surface area contributed by atoms with Gasteiger partial charge in [-0.05, 0) is 49.2 Å². The fourth-order valence-electron chi connectivity index (χ4n) is 3.76. The first-order valence-electron chi connectivity index (χ1n) is 11.0. The summed E-state index contributed by atoms with van der Waals surface area (Å²) in [6.07, 6.45) is 3.65. The molecule has 34 heavy (non-hydrogen) atoms. The van der Waals surface area contributed by atoms with Crippen molar-refractivity contribution in [1.82, 2.24) is 10.3 Å². The van der Waals surface area contributed by atoms with Crippen LogP contribution >= 0.6 is 12.4 Å². The number of carbonyl (C=O) groups excluding carboxylic acids is 2. The van der Waals surface area contributed by atoms with Crippen LogP contribution in [0.3, 0.4) is 0 Å². The highest BCUT2D eigenvalue weighted by Gasteiger charge is 2.21. The molecule has 0 radical (unpaired) electrons. The van der Waals surface area contributed by atoms with Crippen LogP contribution in [0.5, 0.6) is 0 Å². The first-order chi connectivity index (χ1) is 16.1. The molecule has 1 atom stereocenters. The summed E-state index contributed by atoms with van der Waals surface area (Å²) < 4.78 is 0. The highest BCUT2D eigenvalue weighted by atomic mass is 35.5. The first kappa shape index (κ1) is 25.0. The van der Waals surface area contributed by atoms with Gasteiger partial charge in [0.25, 0.3) is 0 Å². The topological polar surface area (TPSA) is 121 Å². The molecule has 0 unspecified atom stereocenters. The molecule has 1 saturated heterocycles. The van der Waals surface area contributed by atoms with Gasteiger partial charge in [0.15, 0.2) is 0 Å². The van der Waals surface area contributed by atoms with Crippen LogP contribution < -0.4 is 27.0 Å². The van der Waals surface area contributed by atoms with E-state index in [-0.39, 0.29) is 30.8 Å². The Kier molecular flexibility index (Phi) is 8.84. The smallest absolute Gasteiger partial charge is 0.241 e. The molecule has 0 bridgehead atoms. The lowest BCUT2D eigenvalue weighted by Crippen LogP contribution is -2.35. The summed E-state index contributed by atoms with van der Waals surface area (Å²) in [6.45, 7) is 1.49. The normalized spacial score (nSPS) is 14.6. The summed E-state index contributed by atoms with van der Waals surface area (Å²) in [5.74, 6) is 0.213. The third-order valence-corrected chi connectivity index (χ3v) is 5.48. The number of benzene rings is 2.